The molecule has 0 spiro atoms. The first-order valence-corrected chi connectivity index (χ1v) is 9.89. The minimum Gasteiger partial charge on any atom is -0.339 e. The van der Waals surface area contributed by atoms with E-state index in [4.69, 9.17) is 0 Å². The number of hydrogen-bond acceptors (Lipinski definition) is 6. The van der Waals surface area contributed by atoms with Gasteiger partial charge in [-0.3, -0.25) is 19.9 Å². The van der Waals surface area contributed by atoms with E-state index in [-0.39, 0.29) is 23.7 Å². The van der Waals surface area contributed by atoms with E-state index in [1.54, 1.807) is 24.1 Å². The average Bonchev–Trinajstić information content (AvgIpc) is 2.79. The third kappa shape index (κ3) is 4.48. The Morgan fingerprint density at radius 1 is 0.967 bits per heavy atom. The molecule has 1 N–H and O–H groups in total. The van der Waals surface area contributed by atoms with E-state index in [1.807, 2.05) is 42.5 Å². The molecule has 0 bridgehead atoms. The molecule has 8 nitrogen and oxygen atoms in total. The molecule has 4 rings (SSSR count). The fourth-order valence-corrected chi connectivity index (χ4v) is 3.47. The lowest BCUT2D eigenvalue weighted by atomic mass is 9.95. The maximum Gasteiger partial charge on any atom is 0.253 e. The van der Waals surface area contributed by atoms with Crippen LogP contribution in [0.4, 0.5) is 5.95 Å². The van der Waals surface area contributed by atoms with Crippen molar-refractivity contribution in [3.05, 3.63) is 66.1 Å². The van der Waals surface area contributed by atoms with Crippen LogP contribution in [0, 0.1) is 12.8 Å². The molecule has 1 fully saturated rings. The topological polar surface area (TPSA) is 101 Å². The molecule has 0 unspecified atom stereocenters. The molecule has 3 aromatic rings. The van der Waals surface area contributed by atoms with Crippen molar-refractivity contribution in [1.82, 2.24) is 24.8 Å². The van der Waals surface area contributed by atoms with Crippen LogP contribution in [-0.4, -0.2) is 49.7 Å². The SMILES string of the molecule is Cc1nc(NC(=O)C2CCN(C(=O)c3ccccc3)CC2)nc(-c2ccccn2)n1. The monoisotopic (exact) mass is 402 g/mol. The number of anilines is 1. The summed E-state index contributed by atoms with van der Waals surface area (Å²) in [4.78, 5) is 44.2. The van der Waals surface area contributed by atoms with E-state index in [0.29, 0.717) is 48.8 Å². The van der Waals surface area contributed by atoms with Gasteiger partial charge in [0.1, 0.15) is 11.5 Å². The summed E-state index contributed by atoms with van der Waals surface area (Å²) in [5.41, 5.74) is 1.29. The predicted molar refractivity (Wildman–Crippen MR) is 111 cm³/mol. The van der Waals surface area contributed by atoms with Gasteiger partial charge < -0.3 is 4.90 Å². The molecule has 8 heteroatoms. The highest BCUT2D eigenvalue weighted by atomic mass is 16.2. The fraction of sp³-hybridized carbons (Fsp3) is 0.273. The van der Waals surface area contributed by atoms with Gasteiger partial charge in [0, 0.05) is 30.8 Å². The van der Waals surface area contributed by atoms with Gasteiger partial charge in [-0.2, -0.15) is 9.97 Å². The number of likely N-dealkylation sites (tertiary alicyclic amines) is 1. The second kappa shape index (κ2) is 8.77. The number of rotatable bonds is 4. The third-order valence-electron chi connectivity index (χ3n) is 5.05. The van der Waals surface area contributed by atoms with Crippen LogP contribution in [0.25, 0.3) is 11.5 Å². The number of nitrogens with zero attached hydrogens (tertiary/aromatic N) is 5. The second-order valence-corrected chi connectivity index (χ2v) is 7.17. The number of hydrogen-bond donors (Lipinski definition) is 1. The number of nitrogens with one attached hydrogen (secondary N) is 1. The Bertz CT molecular complexity index is 1030. The highest BCUT2D eigenvalue weighted by Crippen LogP contribution is 2.21. The summed E-state index contributed by atoms with van der Waals surface area (Å²) < 4.78 is 0. The van der Waals surface area contributed by atoms with Crippen molar-refractivity contribution in [2.75, 3.05) is 18.4 Å². The second-order valence-electron chi connectivity index (χ2n) is 7.17. The Labute approximate surface area is 174 Å². The van der Waals surface area contributed by atoms with E-state index in [9.17, 15) is 9.59 Å². The van der Waals surface area contributed by atoms with E-state index in [2.05, 4.69) is 25.3 Å². The molecule has 1 aromatic carbocycles. The van der Waals surface area contributed by atoms with Crippen molar-refractivity contribution in [1.29, 1.82) is 0 Å². The van der Waals surface area contributed by atoms with Gasteiger partial charge in [0.05, 0.1) is 0 Å². The first-order valence-electron chi connectivity index (χ1n) is 9.89. The molecule has 30 heavy (non-hydrogen) atoms. The van der Waals surface area contributed by atoms with E-state index >= 15 is 0 Å². The molecule has 152 valence electrons. The zero-order valence-corrected chi connectivity index (χ0v) is 16.7. The van der Waals surface area contributed by atoms with Crippen molar-refractivity contribution in [3.63, 3.8) is 0 Å². The van der Waals surface area contributed by atoms with Gasteiger partial charge in [-0.15, -0.1) is 0 Å². The molecule has 0 saturated carbocycles. The minimum absolute atomic E-state index is 0.00236. The van der Waals surface area contributed by atoms with Gasteiger partial charge in [0.2, 0.25) is 11.9 Å². The van der Waals surface area contributed by atoms with Gasteiger partial charge in [0.25, 0.3) is 5.91 Å². The summed E-state index contributed by atoms with van der Waals surface area (Å²) >= 11 is 0. The van der Waals surface area contributed by atoms with Gasteiger partial charge >= 0.3 is 0 Å². The molecule has 0 atom stereocenters. The number of amides is 2. The smallest absolute Gasteiger partial charge is 0.253 e. The molecular weight excluding hydrogens is 380 g/mol. The van der Waals surface area contributed by atoms with Crippen LogP contribution >= 0.6 is 0 Å². The van der Waals surface area contributed by atoms with Crippen LogP contribution in [0.3, 0.4) is 0 Å². The standard InChI is InChI=1S/C22H22N6O2/c1-15-24-19(18-9-5-6-12-23-18)26-22(25-15)27-20(29)16-10-13-28(14-11-16)21(30)17-7-3-2-4-8-17/h2-9,12,16H,10-11,13-14H2,1H3,(H,24,25,26,27,29). The van der Waals surface area contributed by atoms with Crippen LogP contribution in [0.2, 0.25) is 0 Å². The van der Waals surface area contributed by atoms with Crippen molar-refractivity contribution >= 4 is 17.8 Å². The Hall–Kier alpha value is -3.68. The highest BCUT2D eigenvalue weighted by molar-refractivity contribution is 5.95. The maximum absolute atomic E-state index is 12.7. The summed E-state index contributed by atoms with van der Waals surface area (Å²) in [6.07, 6.45) is 2.86. The van der Waals surface area contributed by atoms with Crippen LogP contribution in [-0.2, 0) is 4.79 Å². The van der Waals surface area contributed by atoms with Crippen LogP contribution < -0.4 is 5.32 Å². The number of carbonyl (C=O) groups is 2. The van der Waals surface area contributed by atoms with Gasteiger partial charge in [-0.1, -0.05) is 24.3 Å². The molecule has 1 aliphatic heterocycles. The first kappa shape index (κ1) is 19.6. The number of pyridine rings is 1. The lowest BCUT2D eigenvalue weighted by Crippen LogP contribution is -2.41. The summed E-state index contributed by atoms with van der Waals surface area (Å²) in [5.74, 6) is 0.809. The Balaban J connectivity index is 1.38. The lowest BCUT2D eigenvalue weighted by molar-refractivity contribution is -0.121. The Morgan fingerprint density at radius 2 is 1.70 bits per heavy atom. The maximum atomic E-state index is 12.7. The zero-order valence-electron chi connectivity index (χ0n) is 16.7. The van der Waals surface area contributed by atoms with E-state index in [0.717, 1.165) is 0 Å². The normalized spacial score (nSPS) is 14.4. The van der Waals surface area contributed by atoms with Crippen molar-refractivity contribution < 1.29 is 9.59 Å². The molecular formula is C22H22N6O2. The van der Waals surface area contributed by atoms with Gasteiger partial charge in [0.15, 0.2) is 5.82 Å². The van der Waals surface area contributed by atoms with Gasteiger partial charge in [-0.05, 0) is 44.0 Å². The zero-order chi connectivity index (χ0) is 20.9. The van der Waals surface area contributed by atoms with Crippen LogP contribution in [0.5, 0.6) is 0 Å². The molecule has 3 heterocycles. The number of piperidine rings is 1. The van der Waals surface area contributed by atoms with Crippen molar-refractivity contribution in [2.24, 2.45) is 5.92 Å². The molecule has 0 aliphatic carbocycles. The Morgan fingerprint density at radius 3 is 2.40 bits per heavy atom. The summed E-state index contributed by atoms with van der Waals surface area (Å²) in [6.45, 7) is 2.83. The molecule has 1 saturated heterocycles. The minimum atomic E-state index is -0.194. The average molecular weight is 402 g/mol. The molecule has 2 amide bonds. The molecule has 1 aliphatic rings. The quantitative estimate of drug-likeness (QED) is 0.720. The van der Waals surface area contributed by atoms with Crippen LogP contribution in [0.15, 0.2) is 54.7 Å². The lowest BCUT2D eigenvalue weighted by Gasteiger charge is -2.31. The van der Waals surface area contributed by atoms with Gasteiger partial charge in [-0.25, -0.2) is 4.98 Å². The largest absolute Gasteiger partial charge is 0.339 e. The highest BCUT2D eigenvalue weighted by Gasteiger charge is 2.28. The number of aryl methyl sites for hydroxylation is 1. The summed E-state index contributed by atoms with van der Waals surface area (Å²) in [7, 11) is 0. The van der Waals surface area contributed by atoms with Crippen LogP contribution in [0.1, 0.15) is 29.0 Å². The number of aromatic nitrogens is 4. The first-order chi connectivity index (χ1) is 14.6. The predicted octanol–water partition coefficient (Wildman–Crippen LogP) is 2.73. The molecule has 2 aromatic heterocycles. The summed E-state index contributed by atoms with van der Waals surface area (Å²) in [5, 5.41) is 2.81. The van der Waals surface area contributed by atoms with E-state index < -0.39 is 0 Å². The van der Waals surface area contributed by atoms with Crippen molar-refractivity contribution in [2.45, 2.75) is 19.8 Å². The van der Waals surface area contributed by atoms with Crippen molar-refractivity contribution in [3.8, 4) is 11.5 Å². The summed E-state index contributed by atoms with van der Waals surface area (Å²) in [6, 6.07) is 14.7. The van der Waals surface area contributed by atoms with E-state index in [1.165, 1.54) is 0 Å². The Kier molecular flexibility index (Phi) is 5.74. The number of carbonyl (C=O) groups excluding carboxylic acids is 2. The fourth-order valence-electron chi connectivity index (χ4n) is 3.47. The molecule has 0 radical (unpaired) electrons. The third-order valence-corrected chi connectivity index (χ3v) is 5.05. The number of benzene rings is 1.